The van der Waals surface area contributed by atoms with Gasteiger partial charge >= 0.3 is 0 Å². The first kappa shape index (κ1) is 28.6. The molecule has 8 nitrogen and oxygen atoms in total. The lowest BCUT2D eigenvalue weighted by Gasteiger charge is -2.37. The fourth-order valence-corrected chi connectivity index (χ4v) is 5.89. The van der Waals surface area contributed by atoms with Crippen molar-refractivity contribution in [2.24, 2.45) is 11.8 Å². The molecule has 1 aliphatic rings. The van der Waals surface area contributed by atoms with Crippen LogP contribution in [0.4, 0.5) is 0 Å². The third-order valence-corrected chi connectivity index (χ3v) is 8.39. The Morgan fingerprint density at radius 3 is 2.70 bits per heavy atom. The zero-order chi connectivity index (χ0) is 27.2. The van der Waals surface area contributed by atoms with Crippen LogP contribution < -0.4 is 4.74 Å². The van der Waals surface area contributed by atoms with E-state index in [4.69, 9.17) is 4.74 Å². The number of carbonyl (C=O) groups is 1. The van der Waals surface area contributed by atoms with Crippen LogP contribution in [-0.4, -0.2) is 72.5 Å². The van der Waals surface area contributed by atoms with Crippen LogP contribution in [0.5, 0.6) is 5.75 Å². The van der Waals surface area contributed by atoms with Gasteiger partial charge in [0.25, 0.3) is 0 Å². The van der Waals surface area contributed by atoms with Gasteiger partial charge in [-0.15, -0.1) is 0 Å². The Balaban J connectivity index is 1.95. The maximum absolute atomic E-state index is 13.6. The Kier molecular flexibility index (Phi) is 9.71. The molecule has 1 aliphatic heterocycles. The number of rotatable bonds is 7. The number of hydrogen-bond donors (Lipinski definition) is 1. The zero-order valence-electron chi connectivity index (χ0n) is 22.2. The summed E-state index contributed by atoms with van der Waals surface area (Å²) in [4.78, 5) is 18.6. The van der Waals surface area contributed by atoms with Crippen LogP contribution in [0.15, 0.2) is 47.6 Å². The number of likely N-dealkylation sites (N-methyl/N-ethyl adjacent to an activating group) is 1. The Bertz CT molecular complexity index is 1240. The summed E-state index contributed by atoms with van der Waals surface area (Å²) < 4.78 is 34.9. The largest absolute Gasteiger partial charge is 0.487 e. The lowest BCUT2D eigenvalue weighted by Crippen LogP contribution is -2.50. The van der Waals surface area contributed by atoms with Gasteiger partial charge in [-0.05, 0) is 42.7 Å². The lowest BCUT2D eigenvalue weighted by atomic mass is 10.0. The summed E-state index contributed by atoms with van der Waals surface area (Å²) >= 11 is 0. The molecule has 0 radical (unpaired) electrons. The number of aromatic nitrogens is 1. The van der Waals surface area contributed by atoms with E-state index >= 15 is 0 Å². The average molecular weight is 528 g/mol. The van der Waals surface area contributed by atoms with E-state index in [0.717, 1.165) is 12.0 Å². The molecule has 0 unspecified atom stereocenters. The van der Waals surface area contributed by atoms with Gasteiger partial charge < -0.3 is 14.7 Å². The van der Waals surface area contributed by atoms with Crippen molar-refractivity contribution < 1.29 is 23.1 Å². The van der Waals surface area contributed by atoms with Crippen LogP contribution in [0.25, 0.3) is 0 Å². The van der Waals surface area contributed by atoms with Crippen LogP contribution in [0, 0.1) is 23.7 Å². The third kappa shape index (κ3) is 7.31. The highest BCUT2D eigenvalue weighted by Gasteiger charge is 2.38. The summed E-state index contributed by atoms with van der Waals surface area (Å²) in [5.74, 6) is 6.50. The molecular weight excluding hydrogens is 490 g/mol. The quantitative estimate of drug-likeness (QED) is 0.556. The first-order valence-corrected chi connectivity index (χ1v) is 14.0. The molecular formula is C28H37N3O5S. The molecule has 1 N–H and O–H groups in total. The van der Waals surface area contributed by atoms with Gasteiger partial charge in [0.15, 0.2) is 0 Å². The number of pyridine rings is 1. The van der Waals surface area contributed by atoms with E-state index in [9.17, 15) is 18.3 Å². The van der Waals surface area contributed by atoms with Crippen LogP contribution in [-0.2, 0) is 21.2 Å². The molecule has 37 heavy (non-hydrogen) atoms. The smallest absolute Gasteiger partial charge is 0.247 e. The molecule has 0 spiro atoms. The van der Waals surface area contributed by atoms with E-state index in [1.54, 1.807) is 49.5 Å². The molecule has 0 aliphatic carbocycles. The van der Waals surface area contributed by atoms with E-state index in [1.807, 2.05) is 13.0 Å². The summed E-state index contributed by atoms with van der Waals surface area (Å²) in [5.41, 5.74) is 1.47. The second-order valence-electron chi connectivity index (χ2n) is 10.1. The van der Waals surface area contributed by atoms with Crippen molar-refractivity contribution >= 4 is 15.9 Å². The molecule has 1 aromatic carbocycles. The van der Waals surface area contributed by atoms with Gasteiger partial charge in [-0.3, -0.25) is 9.78 Å². The van der Waals surface area contributed by atoms with Gasteiger partial charge in [-0.1, -0.05) is 38.7 Å². The number of aliphatic hydroxyl groups excluding tert-OH is 1. The summed E-state index contributed by atoms with van der Waals surface area (Å²) in [5, 5.41) is 9.81. The lowest BCUT2D eigenvalue weighted by molar-refractivity contribution is -0.130. The van der Waals surface area contributed by atoms with Crippen molar-refractivity contribution in [1.29, 1.82) is 0 Å². The maximum atomic E-state index is 13.6. The summed E-state index contributed by atoms with van der Waals surface area (Å²) in [6, 6.07) is 7.88. The molecule has 0 bridgehead atoms. The first-order chi connectivity index (χ1) is 17.5. The van der Waals surface area contributed by atoms with E-state index in [-0.39, 0.29) is 48.6 Å². The standard InChI is InChI=1S/C28H37N3O5S/c1-20(2)8-6-9-23-11-12-27-25(14-23)36-26(21(3)17-31(22(4)19-32)37(27,34)35)18-30(5)28(33)15-24-10-7-13-29-16-24/h7,10-14,16,20-22,26,32H,8,15,17-19H2,1-5H3/t21-,22-,26+/m1/s1. The molecule has 0 fully saturated rings. The highest BCUT2D eigenvalue weighted by molar-refractivity contribution is 7.89. The number of fused-ring (bicyclic) bond motifs is 1. The van der Waals surface area contributed by atoms with E-state index < -0.39 is 22.2 Å². The Morgan fingerprint density at radius 2 is 2.05 bits per heavy atom. The molecule has 1 amide bonds. The van der Waals surface area contributed by atoms with Gasteiger partial charge in [-0.25, -0.2) is 8.42 Å². The SMILES string of the molecule is CC(C)CC#Cc1ccc2c(c1)O[C@@H](CN(C)C(=O)Cc1cccnc1)[C@H](C)CN([C@H](C)CO)S2(=O)=O. The van der Waals surface area contributed by atoms with Crippen molar-refractivity contribution in [3.05, 3.63) is 53.9 Å². The summed E-state index contributed by atoms with van der Waals surface area (Å²) in [7, 11) is -2.22. The number of benzene rings is 1. The molecule has 2 heterocycles. The first-order valence-electron chi connectivity index (χ1n) is 12.6. The topological polar surface area (TPSA) is 100 Å². The van der Waals surface area contributed by atoms with Crippen molar-refractivity contribution in [3.8, 4) is 17.6 Å². The second kappa shape index (κ2) is 12.5. The van der Waals surface area contributed by atoms with E-state index in [0.29, 0.717) is 11.5 Å². The van der Waals surface area contributed by atoms with Crippen molar-refractivity contribution in [3.63, 3.8) is 0 Å². The van der Waals surface area contributed by atoms with Crippen LogP contribution in [0.2, 0.25) is 0 Å². The number of amides is 1. The van der Waals surface area contributed by atoms with E-state index in [2.05, 4.69) is 30.7 Å². The molecule has 200 valence electrons. The maximum Gasteiger partial charge on any atom is 0.247 e. The molecule has 0 saturated carbocycles. The fourth-order valence-electron chi connectivity index (χ4n) is 4.06. The Labute approximate surface area is 220 Å². The molecule has 3 rings (SSSR count). The predicted octanol–water partition coefficient (Wildman–Crippen LogP) is 2.95. The second-order valence-corrected chi connectivity index (χ2v) is 12.0. The monoisotopic (exact) mass is 527 g/mol. The van der Waals surface area contributed by atoms with Gasteiger partial charge in [-0.2, -0.15) is 4.31 Å². The fraction of sp³-hybridized carbons (Fsp3) is 0.500. The minimum atomic E-state index is -3.93. The van der Waals surface area contributed by atoms with Crippen molar-refractivity contribution in [2.75, 3.05) is 26.7 Å². The summed E-state index contributed by atoms with van der Waals surface area (Å²) in [6.45, 7) is 7.85. The van der Waals surface area contributed by atoms with Crippen LogP contribution in [0.3, 0.4) is 0 Å². The minimum absolute atomic E-state index is 0.0310. The molecule has 3 atom stereocenters. The number of aliphatic hydroxyl groups is 1. The van der Waals surface area contributed by atoms with Gasteiger partial charge in [0, 0.05) is 49.9 Å². The van der Waals surface area contributed by atoms with Crippen LogP contribution in [0.1, 0.15) is 45.2 Å². The number of hydrogen-bond acceptors (Lipinski definition) is 6. The zero-order valence-corrected chi connectivity index (χ0v) is 23.0. The highest BCUT2D eigenvalue weighted by atomic mass is 32.2. The third-order valence-electron chi connectivity index (χ3n) is 6.37. The highest BCUT2D eigenvalue weighted by Crippen LogP contribution is 2.34. The molecule has 0 saturated heterocycles. The molecule has 1 aromatic heterocycles. The predicted molar refractivity (Wildman–Crippen MR) is 142 cm³/mol. The Hall–Kier alpha value is -2.93. The normalized spacial score (nSPS) is 20.0. The molecule has 2 aromatic rings. The summed E-state index contributed by atoms with van der Waals surface area (Å²) in [6.07, 6.45) is 3.77. The average Bonchev–Trinajstić information content (AvgIpc) is 2.86. The number of carbonyl (C=O) groups excluding carboxylic acids is 1. The Morgan fingerprint density at radius 1 is 1.30 bits per heavy atom. The van der Waals surface area contributed by atoms with Crippen molar-refractivity contribution in [2.45, 2.75) is 57.6 Å². The van der Waals surface area contributed by atoms with Crippen LogP contribution >= 0.6 is 0 Å². The molecule has 9 heteroatoms. The number of nitrogens with zero attached hydrogens (tertiary/aromatic N) is 3. The van der Waals surface area contributed by atoms with Gasteiger partial charge in [0.05, 0.1) is 19.6 Å². The number of ether oxygens (including phenoxy) is 1. The van der Waals surface area contributed by atoms with Gasteiger partial charge in [0.2, 0.25) is 15.9 Å². The minimum Gasteiger partial charge on any atom is -0.487 e. The van der Waals surface area contributed by atoms with Gasteiger partial charge in [0.1, 0.15) is 16.7 Å². The van der Waals surface area contributed by atoms with Crippen molar-refractivity contribution in [1.82, 2.24) is 14.2 Å². The number of sulfonamides is 1. The van der Waals surface area contributed by atoms with E-state index in [1.165, 1.54) is 10.4 Å².